The van der Waals surface area contributed by atoms with Crippen molar-refractivity contribution in [3.05, 3.63) is 30.0 Å². The molecular formula is C14H17N3O4. The second kappa shape index (κ2) is 6.85. The van der Waals surface area contributed by atoms with E-state index in [4.69, 9.17) is 9.47 Å². The summed E-state index contributed by atoms with van der Waals surface area (Å²) in [5.74, 6) is -0.378. The summed E-state index contributed by atoms with van der Waals surface area (Å²) in [7, 11) is 1.57. The molecule has 1 aromatic heterocycles. The first-order valence-corrected chi connectivity index (χ1v) is 6.56. The fraction of sp³-hybridized carbons (Fsp3) is 0.357. The molecule has 0 unspecified atom stereocenters. The van der Waals surface area contributed by atoms with Gasteiger partial charge in [0.25, 0.3) is 0 Å². The second-order valence-electron chi connectivity index (χ2n) is 4.27. The third kappa shape index (κ3) is 3.38. The van der Waals surface area contributed by atoms with Crippen LogP contribution in [0.25, 0.3) is 11.3 Å². The van der Waals surface area contributed by atoms with E-state index in [9.17, 15) is 9.90 Å². The molecule has 0 spiro atoms. The van der Waals surface area contributed by atoms with Crippen LogP contribution in [0.2, 0.25) is 0 Å². The van der Waals surface area contributed by atoms with E-state index in [1.165, 1.54) is 4.68 Å². The van der Waals surface area contributed by atoms with Crippen LogP contribution in [0, 0.1) is 0 Å². The number of hydrogen-bond donors (Lipinski definition) is 1. The SMILES string of the molecule is CCOc1ccc(-c2c(C(=O)O)nnn2CCOC)cc1. The van der Waals surface area contributed by atoms with Gasteiger partial charge in [0, 0.05) is 12.7 Å². The average Bonchev–Trinajstić information content (AvgIpc) is 2.90. The summed E-state index contributed by atoms with van der Waals surface area (Å²) in [6, 6.07) is 7.16. The average molecular weight is 291 g/mol. The monoisotopic (exact) mass is 291 g/mol. The molecule has 2 aromatic rings. The number of carboxylic acid groups (broad SMARTS) is 1. The predicted molar refractivity (Wildman–Crippen MR) is 75.5 cm³/mol. The van der Waals surface area contributed by atoms with Gasteiger partial charge in [0.1, 0.15) is 11.4 Å². The van der Waals surface area contributed by atoms with Crippen molar-refractivity contribution in [2.75, 3.05) is 20.3 Å². The Bertz CT molecular complexity index is 607. The molecule has 0 saturated heterocycles. The molecule has 112 valence electrons. The smallest absolute Gasteiger partial charge is 0.358 e. The minimum Gasteiger partial charge on any atom is -0.494 e. The molecule has 7 heteroatoms. The predicted octanol–water partition coefficient (Wildman–Crippen LogP) is 1.69. The molecule has 0 amide bonds. The first-order chi connectivity index (χ1) is 10.2. The van der Waals surface area contributed by atoms with Crippen LogP contribution >= 0.6 is 0 Å². The number of nitrogens with zero attached hydrogens (tertiary/aromatic N) is 3. The lowest BCUT2D eigenvalue weighted by Crippen LogP contribution is -2.09. The summed E-state index contributed by atoms with van der Waals surface area (Å²) >= 11 is 0. The molecular weight excluding hydrogens is 274 g/mol. The zero-order valence-corrected chi connectivity index (χ0v) is 11.9. The Morgan fingerprint density at radius 3 is 2.62 bits per heavy atom. The molecule has 1 aromatic carbocycles. The summed E-state index contributed by atoms with van der Waals surface area (Å²) in [4.78, 5) is 11.3. The molecule has 1 N–H and O–H groups in total. The molecule has 2 rings (SSSR count). The number of aromatic nitrogens is 3. The maximum absolute atomic E-state index is 11.3. The van der Waals surface area contributed by atoms with Crippen LogP contribution in [0.1, 0.15) is 17.4 Å². The van der Waals surface area contributed by atoms with Crippen molar-refractivity contribution in [2.24, 2.45) is 0 Å². The van der Waals surface area contributed by atoms with Crippen molar-refractivity contribution < 1.29 is 19.4 Å². The molecule has 1 heterocycles. The molecule has 0 aliphatic heterocycles. The quantitative estimate of drug-likeness (QED) is 0.835. The van der Waals surface area contributed by atoms with Crippen LogP contribution in [-0.2, 0) is 11.3 Å². The van der Waals surface area contributed by atoms with Gasteiger partial charge in [-0.2, -0.15) is 0 Å². The van der Waals surface area contributed by atoms with Gasteiger partial charge in [0.15, 0.2) is 5.69 Å². The maximum atomic E-state index is 11.3. The van der Waals surface area contributed by atoms with Gasteiger partial charge < -0.3 is 14.6 Å². The van der Waals surface area contributed by atoms with E-state index in [1.54, 1.807) is 31.4 Å². The molecule has 0 aliphatic rings. The van der Waals surface area contributed by atoms with E-state index < -0.39 is 5.97 Å². The van der Waals surface area contributed by atoms with Crippen molar-refractivity contribution in [1.82, 2.24) is 15.0 Å². The first kappa shape index (κ1) is 15.0. The van der Waals surface area contributed by atoms with Gasteiger partial charge in [-0.1, -0.05) is 5.21 Å². The minimum atomic E-state index is -1.11. The molecule has 0 atom stereocenters. The van der Waals surface area contributed by atoms with Crippen molar-refractivity contribution in [3.8, 4) is 17.0 Å². The highest BCUT2D eigenvalue weighted by molar-refractivity contribution is 5.92. The normalized spacial score (nSPS) is 10.6. The van der Waals surface area contributed by atoms with E-state index in [1.807, 2.05) is 6.92 Å². The van der Waals surface area contributed by atoms with Gasteiger partial charge in [-0.25, -0.2) is 9.48 Å². The fourth-order valence-electron chi connectivity index (χ4n) is 1.95. The Hall–Kier alpha value is -2.41. The molecule has 7 nitrogen and oxygen atoms in total. The maximum Gasteiger partial charge on any atom is 0.358 e. The van der Waals surface area contributed by atoms with E-state index >= 15 is 0 Å². The van der Waals surface area contributed by atoms with E-state index in [2.05, 4.69) is 10.3 Å². The van der Waals surface area contributed by atoms with E-state index in [0.717, 1.165) is 11.3 Å². The molecule has 21 heavy (non-hydrogen) atoms. The number of aromatic carboxylic acids is 1. The number of rotatable bonds is 7. The summed E-state index contributed by atoms with van der Waals surface area (Å²) in [5, 5.41) is 16.8. The van der Waals surface area contributed by atoms with Crippen LogP contribution in [0.5, 0.6) is 5.75 Å². The zero-order chi connectivity index (χ0) is 15.2. The first-order valence-electron chi connectivity index (χ1n) is 6.56. The molecule has 0 radical (unpaired) electrons. The topological polar surface area (TPSA) is 86.5 Å². The molecule has 0 fully saturated rings. The van der Waals surface area contributed by atoms with E-state index in [-0.39, 0.29) is 5.69 Å². The van der Waals surface area contributed by atoms with Crippen LogP contribution < -0.4 is 4.74 Å². The third-order valence-corrected chi connectivity index (χ3v) is 2.88. The molecule has 0 aliphatic carbocycles. The lowest BCUT2D eigenvalue weighted by molar-refractivity contribution is 0.0691. The number of carboxylic acids is 1. The number of carbonyl (C=O) groups is 1. The summed E-state index contributed by atoms with van der Waals surface area (Å²) in [6.45, 7) is 3.33. The van der Waals surface area contributed by atoms with Gasteiger partial charge in [0.2, 0.25) is 0 Å². The van der Waals surface area contributed by atoms with E-state index in [0.29, 0.717) is 25.5 Å². The lowest BCUT2D eigenvalue weighted by Gasteiger charge is -2.08. The number of methoxy groups -OCH3 is 1. The lowest BCUT2D eigenvalue weighted by atomic mass is 10.1. The second-order valence-corrected chi connectivity index (χ2v) is 4.27. The Kier molecular flexibility index (Phi) is 4.89. The van der Waals surface area contributed by atoms with Crippen molar-refractivity contribution in [3.63, 3.8) is 0 Å². The van der Waals surface area contributed by atoms with Crippen LogP contribution in [0.4, 0.5) is 0 Å². The molecule has 0 bridgehead atoms. The van der Waals surface area contributed by atoms with Crippen molar-refractivity contribution in [1.29, 1.82) is 0 Å². The minimum absolute atomic E-state index is 0.0738. The highest BCUT2D eigenvalue weighted by atomic mass is 16.5. The Labute approximate surface area is 122 Å². The highest BCUT2D eigenvalue weighted by Gasteiger charge is 2.20. The molecule has 0 saturated carbocycles. The largest absolute Gasteiger partial charge is 0.494 e. The Balaban J connectivity index is 2.39. The number of hydrogen-bond acceptors (Lipinski definition) is 5. The van der Waals surface area contributed by atoms with Gasteiger partial charge in [-0.05, 0) is 31.2 Å². The highest BCUT2D eigenvalue weighted by Crippen LogP contribution is 2.25. The summed E-state index contributed by atoms with van der Waals surface area (Å²) in [6.07, 6.45) is 0. The van der Waals surface area contributed by atoms with Crippen molar-refractivity contribution >= 4 is 5.97 Å². The van der Waals surface area contributed by atoms with Crippen LogP contribution in [-0.4, -0.2) is 46.4 Å². The summed E-state index contributed by atoms with van der Waals surface area (Å²) in [5.41, 5.74) is 1.11. The summed E-state index contributed by atoms with van der Waals surface area (Å²) < 4.78 is 11.9. The van der Waals surface area contributed by atoms with Crippen LogP contribution in [0.15, 0.2) is 24.3 Å². The van der Waals surface area contributed by atoms with Gasteiger partial charge in [0.05, 0.1) is 19.8 Å². The fourth-order valence-corrected chi connectivity index (χ4v) is 1.95. The van der Waals surface area contributed by atoms with Gasteiger partial charge in [-0.15, -0.1) is 5.10 Å². The zero-order valence-electron chi connectivity index (χ0n) is 11.9. The Morgan fingerprint density at radius 2 is 2.05 bits per heavy atom. The van der Waals surface area contributed by atoms with Gasteiger partial charge in [-0.3, -0.25) is 0 Å². The third-order valence-electron chi connectivity index (χ3n) is 2.88. The number of benzene rings is 1. The standard InChI is InChI=1S/C14H17N3O4/c1-3-21-11-6-4-10(5-7-11)13-12(14(18)19)15-16-17(13)8-9-20-2/h4-7H,3,8-9H2,1-2H3,(H,18,19). The number of ether oxygens (including phenoxy) is 2. The van der Waals surface area contributed by atoms with Gasteiger partial charge >= 0.3 is 5.97 Å². The van der Waals surface area contributed by atoms with Crippen molar-refractivity contribution in [2.45, 2.75) is 13.5 Å². The van der Waals surface area contributed by atoms with Crippen LogP contribution in [0.3, 0.4) is 0 Å². The Morgan fingerprint density at radius 1 is 1.33 bits per heavy atom.